The SMILES string of the molecule is COCCOc1cc(C(=O)OC)nn2c(-c3ccccc3)c(-c3ccc(C4(NC(=O)OC(C)(C)C)CCC4)cc3)nc12. The monoisotopic (exact) mass is 572 g/mol. The topological polar surface area (TPSA) is 113 Å². The van der Waals surface area contributed by atoms with Gasteiger partial charge in [0.2, 0.25) is 0 Å². The van der Waals surface area contributed by atoms with Gasteiger partial charge in [-0.1, -0.05) is 54.6 Å². The summed E-state index contributed by atoms with van der Waals surface area (Å²) < 4.78 is 23.3. The first-order chi connectivity index (χ1) is 20.1. The summed E-state index contributed by atoms with van der Waals surface area (Å²) in [6.45, 7) is 6.18. The van der Waals surface area contributed by atoms with Crippen molar-refractivity contribution in [2.24, 2.45) is 0 Å². The van der Waals surface area contributed by atoms with Crippen molar-refractivity contribution in [3.05, 3.63) is 71.9 Å². The lowest BCUT2D eigenvalue weighted by molar-refractivity contribution is 0.0377. The fourth-order valence-electron chi connectivity index (χ4n) is 5.06. The Morgan fingerprint density at radius 1 is 0.976 bits per heavy atom. The Balaban J connectivity index is 1.59. The Hall–Kier alpha value is -4.44. The van der Waals surface area contributed by atoms with Gasteiger partial charge in [0, 0.05) is 24.3 Å². The third kappa shape index (κ3) is 5.94. The van der Waals surface area contributed by atoms with Gasteiger partial charge in [0.15, 0.2) is 17.1 Å². The van der Waals surface area contributed by atoms with E-state index in [-0.39, 0.29) is 12.3 Å². The van der Waals surface area contributed by atoms with Gasteiger partial charge in [-0.3, -0.25) is 0 Å². The molecule has 0 aliphatic heterocycles. The fourth-order valence-corrected chi connectivity index (χ4v) is 5.06. The Bertz CT molecular complexity index is 1570. The van der Waals surface area contributed by atoms with Gasteiger partial charge in [-0.25, -0.2) is 19.1 Å². The summed E-state index contributed by atoms with van der Waals surface area (Å²) in [5.74, 6) is -0.201. The average molecular weight is 573 g/mol. The molecule has 2 aromatic carbocycles. The van der Waals surface area contributed by atoms with Gasteiger partial charge in [0.25, 0.3) is 0 Å². The molecule has 2 aromatic heterocycles. The summed E-state index contributed by atoms with van der Waals surface area (Å²) in [5.41, 5.74) is 3.58. The standard InChI is InChI=1S/C32H36N4O6/c1-31(2,3)42-30(38)34-32(16-9-17-32)23-14-12-21(13-15-23)26-27(22-10-7-6-8-11-22)36-28(33-26)25(41-19-18-39-4)20-24(35-36)29(37)40-5/h6-8,10-15,20H,9,16-19H2,1-5H3,(H,34,38). The molecule has 0 radical (unpaired) electrons. The number of imidazole rings is 1. The van der Waals surface area contributed by atoms with Crippen molar-refractivity contribution in [3.8, 4) is 28.3 Å². The van der Waals surface area contributed by atoms with E-state index in [0.717, 1.165) is 36.0 Å². The molecule has 1 fully saturated rings. The van der Waals surface area contributed by atoms with Gasteiger partial charge in [0.1, 0.15) is 17.9 Å². The molecule has 1 amide bonds. The van der Waals surface area contributed by atoms with E-state index < -0.39 is 23.2 Å². The van der Waals surface area contributed by atoms with Crippen LogP contribution in [0.15, 0.2) is 60.7 Å². The summed E-state index contributed by atoms with van der Waals surface area (Å²) in [5, 5.41) is 7.72. The van der Waals surface area contributed by atoms with Crippen LogP contribution in [0.2, 0.25) is 0 Å². The molecule has 0 spiro atoms. The Morgan fingerprint density at radius 2 is 1.69 bits per heavy atom. The maximum absolute atomic E-state index is 12.6. The minimum absolute atomic E-state index is 0.0917. The Kier molecular flexibility index (Phi) is 8.17. The second kappa shape index (κ2) is 11.8. The predicted molar refractivity (Wildman–Crippen MR) is 157 cm³/mol. The summed E-state index contributed by atoms with van der Waals surface area (Å²) in [7, 11) is 2.90. The third-order valence-corrected chi connectivity index (χ3v) is 7.20. The van der Waals surface area contributed by atoms with E-state index in [4.69, 9.17) is 23.9 Å². The average Bonchev–Trinajstić information content (AvgIpc) is 3.34. The van der Waals surface area contributed by atoms with Crippen molar-refractivity contribution < 1.29 is 28.5 Å². The summed E-state index contributed by atoms with van der Waals surface area (Å²) >= 11 is 0. The molecule has 1 N–H and O–H groups in total. The molecule has 1 saturated carbocycles. The van der Waals surface area contributed by atoms with Gasteiger partial charge in [-0.15, -0.1) is 0 Å². The highest BCUT2D eigenvalue weighted by Gasteiger charge is 2.41. The number of carbonyl (C=O) groups is 2. The number of carbonyl (C=O) groups excluding carboxylic acids is 2. The van der Waals surface area contributed by atoms with Gasteiger partial charge >= 0.3 is 12.1 Å². The normalized spacial score (nSPS) is 14.2. The largest absolute Gasteiger partial charge is 0.487 e. The summed E-state index contributed by atoms with van der Waals surface area (Å²) in [4.78, 5) is 30.2. The van der Waals surface area contributed by atoms with E-state index in [1.807, 2.05) is 75.4 Å². The molecule has 5 rings (SSSR count). The molecule has 220 valence electrons. The molecule has 0 bridgehead atoms. The highest BCUT2D eigenvalue weighted by Crippen LogP contribution is 2.43. The van der Waals surface area contributed by atoms with Crippen LogP contribution < -0.4 is 10.1 Å². The lowest BCUT2D eigenvalue weighted by Crippen LogP contribution is -2.52. The molecule has 10 heteroatoms. The fraction of sp³-hybridized carbons (Fsp3) is 0.375. The van der Waals surface area contributed by atoms with Crippen LogP contribution in [-0.2, 0) is 19.7 Å². The second-order valence-electron chi connectivity index (χ2n) is 11.3. The minimum Gasteiger partial charge on any atom is -0.487 e. The number of nitrogens with one attached hydrogen (secondary N) is 1. The smallest absolute Gasteiger partial charge is 0.408 e. The first-order valence-electron chi connectivity index (χ1n) is 14.0. The van der Waals surface area contributed by atoms with Gasteiger partial charge in [-0.05, 0) is 45.6 Å². The molecule has 1 aliphatic carbocycles. The molecule has 0 unspecified atom stereocenters. The molecule has 10 nitrogen and oxygen atoms in total. The van der Waals surface area contributed by atoms with Crippen LogP contribution >= 0.6 is 0 Å². The van der Waals surface area contributed by atoms with Gasteiger partial charge < -0.3 is 24.3 Å². The van der Waals surface area contributed by atoms with Crippen LogP contribution in [0.5, 0.6) is 5.75 Å². The maximum atomic E-state index is 12.6. The zero-order chi connectivity index (χ0) is 29.9. The summed E-state index contributed by atoms with van der Waals surface area (Å²) in [6, 6.07) is 19.3. The highest BCUT2D eigenvalue weighted by molar-refractivity contribution is 5.89. The molecular weight excluding hydrogens is 536 g/mol. The zero-order valence-electron chi connectivity index (χ0n) is 24.6. The molecule has 4 aromatic rings. The maximum Gasteiger partial charge on any atom is 0.408 e. The van der Waals surface area contributed by atoms with E-state index in [1.165, 1.54) is 13.2 Å². The van der Waals surface area contributed by atoms with Crippen LogP contribution in [0.1, 0.15) is 56.1 Å². The number of hydrogen-bond donors (Lipinski definition) is 1. The van der Waals surface area contributed by atoms with Crippen molar-refractivity contribution >= 4 is 17.7 Å². The molecule has 42 heavy (non-hydrogen) atoms. The van der Waals surface area contributed by atoms with Gasteiger partial charge in [-0.2, -0.15) is 5.10 Å². The quantitative estimate of drug-likeness (QED) is 0.198. The van der Waals surface area contributed by atoms with Crippen molar-refractivity contribution in [2.75, 3.05) is 27.4 Å². The number of amides is 1. The van der Waals surface area contributed by atoms with Crippen molar-refractivity contribution in [2.45, 2.75) is 51.2 Å². The Morgan fingerprint density at radius 3 is 2.29 bits per heavy atom. The van der Waals surface area contributed by atoms with Crippen LogP contribution in [0, 0.1) is 0 Å². The molecule has 0 atom stereocenters. The number of ether oxygens (including phenoxy) is 4. The van der Waals surface area contributed by atoms with Crippen molar-refractivity contribution in [1.82, 2.24) is 19.9 Å². The van der Waals surface area contributed by atoms with Crippen molar-refractivity contribution in [1.29, 1.82) is 0 Å². The van der Waals surface area contributed by atoms with Gasteiger partial charge in [0.05, 0.1) is 24.9 Å². The number of aromatic nitrogens is 3. The number of methoxy groups -OCH3 is 2. The molecule has 0 saturated heterocycles. The van der Waals surface area contributed by atoms with Crippen LogP contribution in [0.3, 0.4) is 0 Å². The second-order valence-corrected chi connectivity index (χ2v) is 11.3. The Labute approximate surface area is 245 Å². The summed E-state index contributed by atoms with van der Waals surface area (Å²) in [6.07, 6.45) is 2.25. The number of esters is 1. The number of hydrogen-bond acceptors (Lipinski definition) is 8. The van der Waals surface area contributed by atoms with E-state index in [9.17, 15) is 9.59 Å². The third-order valence-electron chi connectivity index (χ3n) is 7.20. The predicted octanol–water partition coefficient (Wildman–Crippen LogP) is 5.78. The van der Waals surface area contributed by atoms with E-state index >= 15 is 0 Å². The van der Waals surface area contributed by atoms with E-state index in [2.05, 4.69) is 10.4 Å². The highest BCUT2D eigenvalue weighted by atomic mass is 16.6. The lowest BCUT2D eigenvalue weighted by atomic mass is 9.71. The first kappa shape index (κ1) is 29.1. The van der Waals surface area contributed by atoms with Crippen molar-refractivity contribution in [3.63, 3.8) is 0 Å². The zero-order valence-corrected chi connectivity index (χ0v) is 24.6. The minimum atomic E-state index is -0.588. The first-order valence-corrected chi connectivity index (χ1v) is 14.0. The lowest BCUT2D eigenvalue weighted by Gasteiger charge is -2.43. The number of alkyl carbamates (subject to hydrolysis) is 1. The van der Waals surface area contributed by atoms with E-state index in [1.54, 1.807) is 11.6 Å². The molecule has 1 aliphatic rings. The number of nitrogens with zero attached hydrogens (tertiary/aromatic N) is 3. The molecule has 2 heterocycles. The van der Waals surface area contributed by atoms with E-state index in [0.29, 0.717) is 29.4 Å². The van der Waals surface area contributed by atoms with Crippen LogP contribution in [0.4, 0.5) is 4.79 Å². The molecular formula is C32H36N4O6. The number of fused-ring (bicyclic) bond motifs is 1. The van der Waals surface area contributed by atoms with Crippen LogP contribution in [0.25, 0.3) is 28.2 Å². The van der Waals surface area contributed by atoms with Crippen LogP contribution in [-0.4, -0.2) is 59.7 Å². The number of benzene rings is 2. The number of rotatable bonds is 9.